The van der Waals surface area contributed by atoms with Gasteiger partial charge in [0, 0.05) is 35.5 Å². The highest BCUT2D eigenvalue weighted by Gasteiger charge is 2.34. The Morgan fingerprint density at radius 3 is 2.55 bits per heavy atom. The topological polar surface area (TPSA) is 88.1 Å². The molecule has 1 fully saturated rings. The lowest BCUT2D eigenvalue weighted by Crippen LogP contribution is -2.24. The molecule has 0 aliphatic carbocycles. The van der Waals surface area contributed by atoms with E-state index in [9.17, 15) is 9.59 Å². The van der Waals surface area contributed by atoms with E-state index in [1.165, 1.54) is 16.9 Å². The number of anilines is 2. The van der Waals surface area contributed by atoms with Gasteiger partial charge in [0.2, 0.25) is 11.0 Å². The molecule has 1 N–H and O–H groups in total. The van der Waals surface area contributed by atoms with Gasteiger partial charge in [0.25, 0.3) is 5.91 Å². The molecule has 3 aromatic carbocycles. The fourth-order valence-electron chi connectivity index (χ4n) is 4.77. The van der Waals surface area contributed by atoms with E-state index in [0.29, 0.717) is 23.7 Å². The van der Waals surface area contributed by atoms with E-state index in [0.717, 1.165) is 39.3 Å². The molecule has 38 heavy (non-hydrogen) atoms. The van der Waals surface area contributed by atoms with Gasteiger partial charge >= 0.3 is 0 Å². The van der Waals surface area contributed by atoms with Gasteiger partial charge in [-0.25, -0.2) is 4.98 Å². The zero-order chi connectivity index (χ0) is 26.1. The minimum Gasteiger partial charge on any atom is -0.312 e. The number of benzene rings is 3. The first-order chi connectivity index (χ1) is 18.6. The van der Waals surface area contributed by atoms with Crippen molar-refractivity contribution in [3.05, 3.63) is 101 Å². The third-order valence-electron chi connectivity index (χ3n) is 6.82. The number of carbonyl (C=O) groups is 2. The van der Waals surface area contributed by atoms with E-state index >= 15 is 0 Å². The van der Waals surface area contributed by atoms with Crippen molar-refractivity contribution in [2.75, 3.05) is 16.8 Å². The van der Waals surface area contributed by atoms with Crippen molar-refractivity contribution in [2.45, 2.75) is 25.7 Å². The van der Waals surface area contributed by atoms with Gasteiger partial charge in [-0.15, -0.1) is 10.2 Å². The van der Waals surface area contributed by atoms with Gasteiger partial charge in [-0.2, -0.15) is 0 Å². The number of amides is 2. The highest BCUT2D eigenvalue weighted by molar-refractivity contribution is 7.15. The molecule has 2 amide bonds. The van der Waals surface area contributed by atoms with Crippen LogP contribution in [-0.2, 0) is 11.2 Å². The summed E-state index contributed by atoms with van der Waals surface area (Å²) in [6.45, 7) is 2.65. The highest BCUT2D eigenvalue weighted by Crippen LogP contribution is 2.35. The number of hydrogen-bond donors (Lipinski definition) is 1. The van der Waals surface area contributed by atoms with Crippen molar-refractivity contribution < 1.29 is 9.59 Å². The average Bonchev–Trinajstić information content (AvgIpc) is 3.59. The first-order valence-corrected chi connectivity index (χ1v) is 13.4. The number of fused-ring (bicyclic) bond motifs is 1. The quantitative estimate of drug-likeness (QED) is 0.293. The molecule has 5 aromatic rings. The number of aryl methyl sites for hydroxylation is 1. The third-order valence-corrected chi connectivity index (χ3v) is 7.82. The van der Waals surface area contributed by atoms with Crippen LogP contribution in [0.5, 0.6) is 0 Å². The van der Waals surface area contributed by atoms with E-state index in [4.69, 9.17) is 4.98 Å². The molecule has 2 aromatic heterocycles. The van der Waals surface area contributed by atoms with Crippen molar-refractivity contribution in [3.63, 3.8) is 0 Å². The number of aromatic nitrogens is 3. The number of nitrogens with zero attached hydrogens (tertiary/aromatic N) is 4. The fourth-order valence-corrected chi connectivity index (χ4v) is 5.60. The van der Waals surface area contributed by atoms with E-state index < -0.39 is 0 Å². The van der Waals surface area contributed by atoms with Crippen LogP contribution in [0.4, 0.5) is 10.8 Å². The first kappa shape index (κ1) is 23.9. The van der Waals surface area contributed by atoms with Gasteiger partial charge in [-0.05, 0) is 36.2 Å². The smallest absolute Gasteiger partial charge is 0.258 e. The molecular weight excluding hydrogens is 494 g/mol. The maximum atomic E-state index is 13.4. The Labute approximate surface area is 224 Å². The zero-order valence-electron chi connectivity index (χ0n) is 20.8. The van der Waals surface area contributed by atoms with Gasteiger partial charge in [0.1, 0.15) is 5.01 Å². The Balaban J connectivity index is 1.22. The Morgan fingerprint density at radius 1 is 1.00 bits per heavy atom. The maximum Gasteiger partial charge on any atom is 0.258 e. The van der Waals surface area contributed by atoms with Crippen LogP contribution in [0, 0.1) is 0 Å². The van der Waals surface area contributed by atoms with Crippen LogP contribution < -0.4 is 10.2 Å². The molecule has 188 valence electrons. The molecule has 1 aliphatic rings. The Morgan fingerprint density at radius 2 is 1.76 bits per heavy atom. The summed E-state index contributed by atoms with van der Waals surface area (Å²) >= 11 is 1.32. The second-order valence-electron chi connectivity index (χ2n) is 9.26. The number of hydrogen-bond acceptors (Lipinski definition) is 6. The van der Waals surface area contributed by atoms with Gasteiger partial charge in [0.05, 0.1) is 16.8 Å². The summed E-state index contributed by atoms with van der Waals surface area (Å²) < 4.78 is 0. The molecule has 8 heteroatoms. The summed E-state index contributed by atoms with van der Waals surface area (Å²) in [4.78, 5) is 32.7. The van der Waals surface area contributed by atoms with Gasteiger partial charge in [-0.1, -0.05) is 78.9 Å². The van der Waals surface area contributed by atoms with Crippen LogP contribution in [0.25, 0.3) is 22.2 Å². The van der Waals surface area contributed by atoms with Crippen LogP contribution in [0.2, 0.25) is 0 Å². The fraction of sp³-hybridized carbons (Fsp3) is 0.167. The van der Waals surface area contributed by atoms with E-state index in [1.54, 1.807) is 4.90 Å². The minimum absolute atomic E-state index is 0.0664. The molecule has 3 heterocycles. The molecule has 7 nitrogen and oxygen atoms in total. The Kier molecular flexibility index (Phi) is 6.39. The largest absolute Gasteiger partial charge is 0.312 e. The molecule has 1 aliphatic heterocycles. The van der Waals surface area contributed by atoms with Crippen LogP contribution in [0.1, 0.15) is 40.2 Å². The Hall–Kier alpha value is -4.43. The predicted octanol–water partition coefficient (Wildman–Crippen LogP) is 6.09. The molecule has 0 radical (unpaired) electrons. The van der Waals surface area contributed by atoms with E-state index in [1.807, 2.05) is 72.8 Å². The molecule has 6 rings (SSSR count). The van der Waals surface area contributed by atoms with Crippen molar-refractivity contribution in [1.82, 2.24) is 15.2 Å². The lowest BCUT2D eigenvalue weighted by Gasteiger charge is -2.16. The molecule has 0 bridgehead atoms. The van der Waals surface area contributed by atoms with Crippen molar-refractivity contribution in [1.29, 1.82) is 0 Å². The molecule has 1 unspecified atom stereocenters. The zero-order valence-corrected chi connectivity index (χ0v) is 21.6. The predicted molar refractivity (Wildman–Crippen MR) is 151 cm³/mol. The van der Waals surface area contributed by atoms with E-state index in [-0.39, 0.29) is 17.7 Å². The second kappa shape index (κ2) is 10.1. The molecule has 0 saturated carbocycles. The summed E-state index contributed by atoms with van der Waals surface area (Å²) in [5.41, 5.74) is 5.05. The monoisotopic (exact) mass is 519 g/mol. The van der Waals surface area contributed by atoms with Crippen LogP contribution in [-0.4, -0.2) is 33.5 Å². The second-order valence-corrected chi connectivity index (χ2v) is 10.3. The van der Waals surface area contributed by atoms with Crippen LogP contribution in [0.15, 0.2) is 84.9 Å². The van der Waals surface area contributed by atoms with Crippen molar-refractivity contribution in [3.8, 4) is 11.3 Å². The normalized spacial score (nSPS) is 15.2. The number of pyridine rings is 1. The van der Waals surface area contributed by atoms with Crippen molar-refractivity contribution >= 4 is 44.9 Å². The maximum absolute atomic E-state index is 13.4. The van der Waals surface area contributed by atoms with Gasteiger partial charge in [0.15, 0.2) is 0 Å². The summed E-state index contributed by atoms with van der Waals surface area (Å²) in [7, 11) is 0. The van der Waals surface area contributed by atoms with Crippen LogP contribution in [0.3, 0.4) is 0 Å². The standard InChI is InChI=1S/C30H25N5O2S/c1-2-19-12-14-22(15-13-19)35-18-21(16-27(35)36)29-33-34-30(38-29)32-28(37)24-17-26(20-8-4-3-5-9-20)31-25-11-7-6-10-23(24)25/h3-15,17,21H,2,16,18H2,1H3,(H,32,34,37). The third kappa shape index (κ3) is 4.66. The Bertz CT molecular complexity index is 1630. The average molecular weight is 520 g/mol. The van der Waals surface area contributed by atoms with Gasteiger partial charge < -0.3 is 4.90 Å². The number of rotatable bonds is 6. The number of para-hydroxylation sites is 1. The van der Waals surface area contributed by atoms with Crippen LogP contribution >= 0.6 is 11.3 Å². The number of carbonyl (C=O) groups excluding carboxylic acids is 2. The lowest BCUT2D eigenvalue weighted by atomic mass is 10.0. The summed E-state index contributed by atoms with van der Waals surface area (Å²) in [5, 5.41) is 13.4. The highest BCUT2D eigenvalue weighted by atomic mass is 32.1. The first-order valence-electron chi connectivity index (χ1n) is 12.6. The number of nitrogens with one attached hydrogen (secondary N) is 1. The molecular formula is C30H25N5O2S. The van der Waals surface area contributed by atoms with Crippen molar-refractivity contribution in [2.24, 2.45) is 0 Å². The minimum atomic E-state index is -0.274. The summed E-state index contributed by atoms with van der Waals surface area (Å²) in [6.07, 6.45) is 1.33. The molecule has 1 atom stereocenters. The summed E-state index contributed by atoms with van der Waals surface area (Å²) in [6, 6.07) is 27.3. The lowest BCUT2D eigenvalue weighted by molar-refractivity contribution is -0.117. The van der Waals surface area contributed by atoms with E-state index in [2.05, 4.69) is 34.6 Å². The molecule has 1 saturated heterocycles. The summed E-state index contributed by atoms with van der Waals surface area (Å²) in [5.74, 6) is -0.275. The van der Waals surface area contributed by atoms with Gasteiger partial charge in [-0.3, -0.25) is 14.9 Å². The SMILES string of the molecule is CCc1ccc(N2CC(c3nnc(NC(=O)c4cc(-c5ccccc5)nc5ccccc45)s3)CC2=O)cc1. The molecule has 0 spiro atoms.